The van der Waals surface area contributed by atoms with Crippen molar-refractivity contribution in [1.29, 1.82) is 0 Å². The third-order valence-corrected chi connectivity index (χ3v) is 1.89. The van der Waals surface area contributed by atoms with E-state index in [1.807, 2.05) is 13.8 Å². The molecule has 11 heavy (non-hydrogen) atoms. The summed E-state index contributed by atoms with van der Waals surface area (Å²) in [5, 5.41) is 11.9. The van der Waals surface area contributed by atoms with E-state index < -0.39 is 0 Å². The second kappa shape index (κ2) is 8.02. The van der Waals surface area contributed by atoms with Crippen molar-refractivity contribution in [2.24, 2.45) is 0 Å². The van der Waals surface area contributed by atoms with Gasteiger partial charge in [0.2, 0.25) is 0 Å². The molecule has 1 unspecified atom stereocenters. The minimum absolute atomic E-state index is 0.331. The minimum atomic E-state index is 0.331. The van der Waals surface area contributed by atoms with Gasteiger partial charge in [0.15, 0.2) is 0 Å². The van der Waals surface area contributed by atoms with Crippen molar-refractivity contribution in [3.8, 4) is 0 Å². The smallest absolute Gasteiger partial charge is 0.0445 e. The summed E-state index contributed by atoms with van der Waals surface area (Å²) in [6, 6.07) is 0.601. The average molecular weight is 159 g/mol. The molecule has 1 rings (SSSR count). The van der Waals surface area contributed by atoms with Crippen LogP contribution in [-0.2, 0) is 0 Å². The van der Waals surface area contributed by atoms with E-state index in [1.165, 1.54) is 19.3 Å². The van der Waals surface area contributed by atoms with Gasteiger partial charge < -0.3 is 10.4 Å². The molecule has 2 heteroatoms. The molecule has 1 fully saturated rings. The van der Waals surface area contributed by atoms with Crippen LogP contribution < -0.4 is 5.32 Å². The highest BCUT2D eigenvalue weighted by atomic mass is 16.3. The molecule has 0 spiro atoms. The molecule has 1 heterocycles. The SMILES string of the molecule is CC.OCCC1CCCCN1. The summed E-state index contributed by atoms with van der Waals surface area (Å²) in [7, 11) is 0. The maximum atomic E-state index is 8.58. The van der Waals surface area contributed by atoms with Crippen molar-refractivity contribution >= 4 is 0 Å². The second-order valence-electron chi connectivity index (χ2n) is 2.66. The fourth-order valence-electron chi connectivity index (χ4n) is 1.33. The highest BCUT2D eigenvalue weighted by Gasteiger charge is 2.10. The molecule has 0 saturated carbocycles. The van der Waals surface area contributed by atoms with Crippen LogP contribution in [0, 0.1) is 0 Å². The van der Waals surface area contributed by atoms with Crippen LogP contribution >= 0.6 is 0 Å². The van der Waals surface area contributed by atoms with Gasteiger partial charge in [0.05, 0.1) is 0 Å². The molecule has 0 radical (unpaired) electrons. The Morgan fingerprint density at radius 2 is 2.09 bits per heavy atom. The number of hydrogen-bond acceptors (Lipinski definition) is 2. The Kier molecular flexibility index (Phi) is 7.96. The van der Waals surface area contributed by atoms with Gasteiger partial charge in [0, 0.05) is 12.6 Å². The lowest BCUT2D eigenvalue weighted by molar-refractivity contribution is 0.250. The fraction of sp³-hybridized carbons (Fsp3) is 1.00. The molecular weight excluding hydrogens is 138 g/mol. The maximum absolute atomic E-state index is 8.58. The van der Waals surface area contributed by atoms with Gasteiger partial charge in [-0.15, -0.1) is 0 Å². The van der Waals surface area contributed by atoms with Crippen LogP contribution in [0.25, 0.3) is 0 Å². The molecule has 1 saturated heterocycles. The Balaban J connectivity index is 0.000000461. The number of piperidine rings is 1. The minimum Gasteiger partial charge on any atom is -0.396 e. The van der Waals surface area contributed by atoms with Gasteiger partial charge in [-0.25, -0.2) is 0 Å². The zero-order valence-corrected chi connectivity index (χ0v) is 7.77. The summed E-state index contributed by atoms with van der Waals surface area (Å²) >= 11 is 0. The summed E-state index contributed by atoms with van der Waals surface area (Å²) in [6.45, 7) is 5.47. The largest absolute Gasteiger partial charge is 0.396 e. The number of aliphatic hydroxyl groups excluding tert-OH is 1. The van der Waals surface area contributed by atoms with Crippen molar-refractivity contribution in [1.82, 2.24) is 5.32 Å². The quantitative estimate of drug-likeness (QED) is 0.640. The van der Waals surface area contributed by atoms with E-state index in [4.69, 9.17) is 5.11 Å². The Morgan fingerprint density at radius 1 is 1.36 bits per heavy atom. The van der Waals surface area contributed by atoms with Gasteiger partial charge in [0.25, 0.3) is 0 Å². The number of aliphatic hydroxyl groups is 1. The van der Waals surface area contributed by atoms with Crippen LogP contribution in [0.1, 0.15) is 39.5 Å². The summed E-state index contributed by atoms with van der Waals surface area (Å²) < 4.78 is 0. The molecule has 0 bridgehead atoms. The third-order valence-electron chi connectivity index (χ3n) is 1.89. The third kappa shape index (κ3) is 5.22. The molecule has 1 aliphatic heterocycles. The first-order valence-electron chi connectivity index (χ1n) is 4.77. The summed E-state index contributed by atoms with van der Waals surface area (Å²) in [6.07, 6.45) is 4.82. The van der Waals surface area contributed by atoms with Gasteiger partial charge in [-0.1, -0.05) is 20.3 Å². The first-order valence-corrected chi connectivity index (χ1v) is 4.77. The highest BCUT2D eigenvalue weighted by Crippen LogP contribution is 2.08. The van der Waals surface area contributed by atoms with Crippen LogP contribution in [0.15, 0.2) is 0 Å². The molecule has 0 aromatic heterocycles. The Hall–Kier alpha value is -0.0800. The zero-order chi connectivity index (χ0) is 8.53. The average Bonchev–Trinajstić information content (AvgIpc) is 2.11. The number of rotatable bonds is 2. The standard InChI is InChI=1S/C7H15NO.C2H6/c9-6-4-7-3-1-2-5-8-7;1-2/h7-9H,1-6H2;1-2H3. The van der Waals surface area contributed by atoms with Gasteiger partial charge in [-0.05, 0) is 25.8 Å². The molecule has 2 N–H and O–H groups in total. The molecule has 0 aromatic carbocycles. The molecule has 2 nitrogen and oxygen atoms in total. The zero-order valence-electron chi connectivity index (χ0n) is 7.77. The molecule has 1 atom stereocenters. The predicted molar refractivity (Wildman–Crippen MR) is 48.7 cm³/mol. The molecular formula is C9H21NO. The van der Waals surface area contributed by atoms with Crippen LogP contribution in [0.2, 0.25) is 0 Å². The van der Waals surface area contributed by atoms with Crippen molar-refractivity contribution in [3.63, 3.8) is 0 Å². The van der Waals surface area contributed by atoms with Crippen molar-refractivity contribution in [2.75, 3.05) is 13.2 Å². The van der Waals surface area contributed by atoms with Crippen LogP contribution in [0.4, 0.5) is 0 Å². The monoisotopic (exact) mass is 159 g/mol. The second-order valence-corrected chi connectivity index (χ2v) is 2.66. The van der Waals surface area contributed by atoms with Gasteiger partial charge in [-0.3, -0.25) is 0 Å². The summed E-state index contributed by atoms with van der Waals surface area (Å²) in [4.78, 5) is 0. The summed E-state index contributed by atoms with van der Waals surface area (Å²) in [5.41, 5.74) is 0. The van der Waals surface area contributed by atoms with E-state index in [0.717, 1.165) is 13.0 Å². The van der Waals surface area contributed by atoms with E-state index in [-0.39, 0.29) is 0 Å². The lowest BCUT2D eigenvalue weighted by Crippen LogP contribution is -2.34. The van der Waals surface area contributed by atoms with Crippen molar-refractivity contribution in [3.05, 3.63) is 0 Å². The lowest BCUT2D eigenvalue weighted by Gasteiger charge is -2.22. The van der Waals surface area contributed by atoms with Crippen LogP contribution in [0.5, 0.6) is 0 Å². The van der Waals surface area contributed by atoms with E-state index in [2.05, 4.69) is 5.32 Å². The van der Waals surface area contributed by atoms with Gasteiger partial charge in [0.1, 0.15) is 0 Å². The van der Waals surface area contributed by atoms with Crippen LogP contribution in [0.3, 0.4) is 0 Å². The highest BCUT2D eigenvalue weighted by molar-refractivity contribution is 4.70. The summed E-state index contributed by atoms with van der Waals surface area (Å²) in [5.74, 6) is 0. The molecule has 0 aromatic rings. The van der Waals surface area contributed by atoms with E-state index in [1.54, 1.807) is 0 Å². The topological polar surface area (TPSA) is 32.3 Å². The van der Waals surface area contributed by atoms with E-state index in [0.29, 0.717) is 12.6 Å². The first-order chi connectivity index (χ1) is 5.43. The first kappa shape index (κ1) is 10.9. The lowest BCUT2D eigenvalue weighted by atomic mass is 10.0. The number of nitrogens with one attached hydrogen (secondary N) is 1. The van der Waals surface area contributed by atoms with E-state index in [9.17, 15) is 0 Å². The van der Waals surface area contributed by atoms with Crippen molar-refractivity contribution in [2.45, 2.75) is 45.6 Å². The normalized spacial score (nSPS) is 23.7. The van der Waals surface area contributed by atoms with Gasteiger partial charge >= 0.3 is 0 Å². The Labute approximate surface area is 70.0 Å². The Morgan fingerprint density at radius 3 is 2.55 bits per heavy atom. The van der Waals surface area contributed by atoms with Crippen LogP contribution in [-0.4, -0.2) is 24.3 Å². The van der Waals surface area contributed by atoms with E-state index >= 15 is 0 Å². The molecule has 1 aliphatic rings. The Bertz CT molecular complexity index is 67.2. The molecule has 0 amide bonds. The molecule has 0 aliphatic carbocycles. The number of hydrogen-bond donors (Lipinski definition) is 2. The maximum Gasteiger partial charge on any atom is 0.0445 e. The van der Waals surface area contributed by atoms with Crippen molar-refractivity contribution < 1.29 is 5.11 Å². The predicted octanol–water partition coefficient (Wildman–Crippen LogP) is 1.54. The van der Waals surface area contributed by atoms with Gasteiger partial charge in [-0.2, -0.15) is 0 Å². The fourth-order valence-corrected chi connectivity index (χ4v) is 1.33. The molecule has 68 valence electrons.